The number of ether oxygens (including phenoxy) is 2. The second-order valence-corrected chi connectivity index (χ2v) is 9.11. The van der Waals surface area contributed by atoms with Crippen LogP contribution in [0, 0.1) is 0 Å². The summed E-state index contributed by atoms with van der Waals surface area (Å²) < 4.78 is 11.8. The Labute approximate surface area is 210 Å². The molecule has 6 heteroatoms. The highest BCUT2D eigenvalue weighted by molar-refractivity contribution is 6.32. The van der Waals surface area contributed by atoms with E-state index in [0.29, 0.717) is 34.8 Å². The predicted molar refractivity (Wildman–Crippen MR) is 141 cm³/mol. The Morgan fingerprint density at radius 3 is 2.21 bits per heavy atom. The molecule has 0 spiro atoms. The molecule has 0 heterocycles. The number of halogens is 2. The van der Waals surface area contributed by atoms with Gasteiger partial charge >= 0.3 is 0 Å². The minimum absolute atomic E-state index is 0.337. The summed E-state index contributed by atoms with van der Waals surface area (Å²) >= 11 is 12.8. The number of rotatable bonds is 17. The fourth-order valence-electron chi connectivity index (χ4n) is 3.65. The lowest BCUT2D eigenvalue weighted by Gasteiger charge is -2.22. The molecule has 2 aromatic carbocycles. The van der Waals surface area contributed by atoms with Gasteiger partial charge in [0.2, 0.25) is 0 Å². The molecule has 0 fully saturated rings. The lowest BCUT2D eigenvalue weighted by atomic mass is 10.2. The molecule has 0 bridgehead atoms. The van der Waals surface area contributed by atoms with Crippen LogP contribution in [0.1, 0.15) is 64.0 Å². The smallest absolute Gasteiger partial charge is 0.180 e. The van der Waals surface area contributed by atoms with Gasteiger partial charge in [-0.1, -0.05) is 68.1 Å². The van der Waals surface area contributed by atoms with Gasteiger partial charge in [-0.15, -0.1) is 0 Å². The summed E-state index contributed by atoms with van der Waals surface area (Å²) in [4.78, 5) is 2.60. The molecule has 0 amide bonds. The molecule has 0 aliphatic heterocycles. The van der Waals surface area contributed by atoms with Gasteiger partial charge in [-0.05, 0) is 76.1 Å². The molecule has 0 saturated carbocycles. The molecule has 33 heavy (non-hydrogen) atoms. The van der Waals surface area contributed by atoms with Crippen molar-refractivity contribution in [2.45, 2.75) is 66.0 Å². The van der Waals surface area contributed by atoms with E-state index in [2.05, 4.69) is 24.1 Å². The molecule has 0 aliphatic carbocycles. The van der Waals surface area contributed by atoms with Crippen molar-refractivity contribution in [3.63, 3.8) is 0 Å². The number of nitrogens with zero attached hydrogens (tertiary/aromatic N) is 1. The van der Waals surface area contributed by atoms with E-state index in [1.807, 2.05) is 43.3 Å². The maximum atomic E-state index is 6.58. The summed E-state index contributed by atoms with van der Waals surface area (Å²) in [5.74, 6) is 1.23. The van der Waals surface area contributed by atoms with Crippen LogP contribution in [0.25, 0.3) is 0 Å². The summed E-state index contributed by atoms with van der Waals surface area (Å²) in [7, 11) is 0. The quantitative estimate of drug-likeness (QED) is 0.233. The van der Waals surface area contributed by atoms with Gasteiger partial charge in [0.1, 0.15) is 6.61 Å². The number of benzene rings is 2. The third-order valence-corrected chi connectivity index (χ3v) is 6.16. The summed E-state index contributed by atoms with van der Waals surface area (Å²) in [6, 6.07) is 11.6. The molecule has 2 aromatic rings. The largest absolute Gasteiger partial charge is 0.490 e. The van der Waals surface area contributed by atoms with Gasteiger partial charge in [0.05, 0.1) is 11.6 Å². The Balaban J connectivity index is 1.89. The van der Waals surface area contributed by atoms with Crippen LogP contribution in [-0.4, -0.2) is 37.7 Å². The van der Waals surface area contributed by atoms with E-state index < -0.39 is 0 Å². The summed E-state index contributed by atoms with van der Waals surface area (Å²) in [5, 5.41) is 4.78. The maximum Gasteiger partial charge on any atom is 0.180 e. The number of hydrogen-bond donors (Lipinski definition) is 1. The molecule has 0 saturated heterocycles. The number of nitrogens with one attached hydrogen (secondary N) is 1. The molecule has 0 atom stereocenters. The highest BCUT2D eigenvalue weighted by Crippen LogP contribution is 2.37. The lowest BCUT2D eigenvalue weighted by molar-refractivity contribution is 0.261. The highest BCUT2D eigenvalue weighted by Gasteiger charge is 2.14. The first-order valence-corrected chi connectivity index (χ1v) is 13.1. The van der Waals surface area contributed by atoms with Crippen LogP contribution in [0.5, 0.6) is 11.5 Å². The molecular formula is C27H40Cl2N2O2. The van der Waals surface area contributed by atoms with Crippen molar-refractivity contribution in [1.82, 2.24) is 10.2 Å². The van der Waals surface area contributed by atoms with Crippen LogP contribution in [0.4, 0.5) is 0 Å². The van der Waals surface area contributed by atoms with E-state index in [1.165, 1.54) is 38.8 Å². The Hall–Kier alpha value is -1.46. The van der Waals surface area contributed by atoms with Gasteiger partial charge in [0.25, 0.3) is 0 Å². The third-order valence-electron chi connectivity index (χ3n) is 5.51. The van der Waals surface area contributed by atoms with E-state index in [4.69, 9.17) is 32.7 Å². The third kappa shape index (κ3) is 10.1. The number of unbranched alkanes of at least 4 members (excludes halogenated alkanes) is 2. The van der Waals surface area contributed by atoms with Crippen molar-refractivity contribution in [3.05, 3.63) is 57.6 Å². The van der Waals surface area contributed by atoms with Crippen molar-refractivity contribution < 1.29 is 9.47 Å². The lowest BCUT2D eigenvalue weighted by Crippen LogP contribution is -2.29. The van der Waals surface area contributed by atoms with Crippen molar-refractivity contribution >= 4 is 23.2 Å². The number of hydrogen-bond acceptors (Lipinski definition) is 4. The fraction of sp³-hybridized carbons (Fsp3) is 0.556. The zero-order valence-electron chi connectivity index (χ0n) is 20.5. The van der Waals surface area contributed by atoms with Gasteiger partial charge in [0, 0.05) is 17.1 Å². The minimum atomic E-state index is 0.337. The van der Waals surface area contributed by atoms with Crippen LogP contribution in [0.3, 0.4) is 0 Å². The molecule has 0 unspecified atom stereocenters. The van der Waals surface area contributed by atoms with E-state index in [0.717, 1.165) is 37.2 Å². The first kappa shape index (κ1) is 27.8. The van der Waals surface area contributed by atoms with Crippen LogP contribution in [0.2, 0.25) is 10.0 Å². The summed E-state index contributed by atoms with van der Waals surface area (Å²) in [6.45, 7) is 12.6. The first-order chi connectivity index (χ1) is 16.1. The van der Waals surface area contributed by atoms with Crippen LogP contribution >= 0.6 is 23.2 Å². The van der Waals surface area contributed by atoms with E-state index in [-0.39, 0.29) is 0 Å². The molecule has 0 radical (unpaired) electrons. The first-order valence-electron chi connectivity index (χ1n) is 12.3. The zero-order chi connectivity index (χ0) is 23.9. The molecular weight excluding hydrogens is 455 g/mol. The van der Waals surface area contributed by atoms with Gasteiger partial charge in [-0.2, -0.15) is 0 Å². The predicted octanol–water partition coefficient (Wildman–Crippen LogP) is 7.35. The molecule has 4 nitrogen and oxygen atoms in total. The second kappa shape index (κ2) is 16.2. The Bertz CT molecular complexity index is 809. The van der Waals surface area contributed by atoms with E-state index in [1.54, 1.807) is 0 Å². The average Bonchev–Trinajstić information content (AvgIpc) is 2.80. The van der Waals surface area contributed by atoms with Gasteiger partial charge in [-0.25, -0.2) is 0 Å². The van der Waals surface area contributed by atoms with Crippen molar-refractivity contribution in [2.24, 2.45) is 0 Å². The van der Waals surface area contributed by atoms with Crippen molar-refractivity contribution in [1.29, 1.82) is 0 Å². The van der Waals surface area contributed by atoms with Crippen molar-refractivity contribution in [2.75, 3.05) is 32.8 Å². The van der Waals surface area contributed by atoms with Crippen LogP contribution in [0.15, 0.2) is 36.4 Å². The molecule has 2 rings (SSSR count). The SMILES string of the molecule is CCCCN(CCCC)CCCNCc1cc(Cl)c(OCc2ccccc2Cl)c(OCC)c1. The normalized spacial score (nSPS) is 11.2. The van der Waals surface area contributed by atoms with E-state index in [9.17, 15) is 0 Å². The molecule has 0 aromatic heterocycles. The van der Waals surface area contributed by atoms with Gasteiger partial charge < -0.3 is 19.7 Å². The van der Waals surface area contributed by atoms with Crippen molar-refractivity contribution in [3.8, 4) is 11.5 Å². The topological polar surface area (TPSA) is 33.7 Å². The Morgan fingerprint density at radius 1 is 0.848 bits per heavy atom. The summed E-state index contributed by atoms with van der Waals surface area (Å²) in [6.07, 6.45) is 6.20. The Kier molecular flexibility index (Phi) is 13.7. The monoisotopic (exact) mass is 494 g/mol. The van der Waals surface area contributed by atoms with Gasteiger partial charge in [-0.3, -0.25) is 0 Å². The van der Waals surface area contributed by atoms with Gasteiger partial charge in [0.15, 0.2) is 11.5 Å². The zero-order valence-corrected chi connectivity index (χ0v) is 22.0. The molecule has 1 N–H and O–H groups in total. The Morgan fingerprint density at radius 2 is 1.55 bits per heavy atom. The summed E-state index contributed by atoms with van der Waals surface area (Å²) in [5.41, 5.74) is 2.00. The molecule has 0 aliphatic rings. The van der Waals surface area contributed by atoms with Crippen LogP contribution < -0.4 is 14.8 Å². The van der Waals surface area contributed by atoms with E-state index >= 15 is 0 Å². The fourth-order valence-corrected chi connectivity index (χ4v) is 4.13. The average molecular weight is 496 g/mol. The second-order valence-electron chi connectivity index (χ2n) is 8.30. The highest BCUT2D eigenvalue weighted by atomic mass is 35.5. The van der Waals surface area contributed by atoms with Crippen LogP contribution in [-0.2, 0) is 13.2 Å². The standard InChI is InChI=1S/C27H40Cl2N2O2/c1-4-7-15-31(16-8-5-2)17-11-14-30-20-22-18-25(29)27(26(19-22)32-6-3)33-21-23-12-9-10-13-24(23)28/h9-10,12-13,18-19,30H,4-8,11,14-17,20-21H2,1-3H3. The minimum Gasteiger partial charge on any atom is -0.490 e. The molecule has 184 valence electrons. The maximum absolute atomic E-state index is 6.58.